The molecule has 5 nitrogen and oxygen atoms in total. The smallest absolute Gasteiger partial charge is 0.133 e. The van der Waals surface area contributed by atoms with E-state index in [0.717, 1.165) is 44.3 Å². The molecule has 1 aromatic rings. The van der Waals surface area contributed by atoms with Crippen LogP contribution >= 0.6 is 0 Å². The number of rotatable bonds is 3. The summed E-state index contributed by atoms with van der Waals surface area (Å²) >= 11 is 0. The Morgan fingerprint density at radius 1 is 1.12 bits per heavy atom. The first kappa shape index (κ1) is 16.0. The molecule has 0 spiro atoms. The summed E-state index contributed by atoms with van der Waals surface area (Å²) in [5.74, 6) is 1.02. The largest absolute Gasteiger partial charge is 0.378 e. The molecule has 25 heavy (non-hydrogen) atoms. The number of allylic oxidation sites excluding steroid dienone is 1. The molecule has 0 aromatic heterocycles. The highest BCUT2D eigenvalue weighted by molar-refractivity contribution is 6.00. The number of nitrogens with zero attached hydrogens (tertiary/aromatic N) is 4. The summed E-state index contributed by atoms with van der Waals surface area (Å²) in [7, 11) is 4.13. The molecule has 3 aliphatic heterocycles. The highest BCUT2D eigenvalue weighted by Crippen LogP contribution is 2.26. The van der Waals surface area contributed by atoms with Gasteiger partial charge in [0.05, 0.1) is 11.4 Å². The molecule has 0 amide bonds. The Morgan fingerprint density at radius 3 is 2.76 bits per heavy atom. The van der Waals surface area contributed by atoms with Crippen LogP contribution in [0.5, 0.6) is 0 Å². The van der Waals surface area contributed by atoms with Gasteiger partial charge in [0.1, 0.15) is 5.84 Å². The lowest BCUT2D eigenvalue weighted by Crippen LogP contribution is -2.44. The van der Waals surface area contributed by atoms with Gasteiger partial charge in [0.25, 0.3) is 0 Å². The molecule has 0 bridgehead atoms. The van der Waals surface area contributed by atoms with Crippen LogP contribution in [-0.4, -0.2) is 62.5 Å². The predicted octanol–water partition coefficient (Wildman–Crippen LogP) is 2.12. The summed E-state index contributed by atoms with van der Waals surface area (Å²) in [6, 6.07) is 8.54. The molecule has 0 aliphatic carbocycles. The monoisotopic (exact) mass is 335 g/mol. The third kappa shape index (κ3) is 3.33. The van der Waals surface area contributed by atoms with Crippen LogP contribution in [0.3, 0.4) is 0 Å². The summed E-state index contributed by atoms with van der Waals surface area (Å²) in [6.45, 7) is 5.10. The molecule has 3 heterocycles. The molecule has 0 atom stereocenters. The van der Waals surface area contributed by atoms with Crippen LogP contribution in [-0.2, 0) is 0 Å². The van der Waals surface area contributed by atoms with Crippen molar-refractivity contribution in [3.8, 4) is 0 Å². The van der Waals surface area contributed by atoms with E-state index in [1.54, 1.807) is 0 Å². The number of amidine groups is 1. The van der Waals surface area contributed by atoms with Crippen molar-refractivity contribution < 1.29 is 0 Å². The van der Waals surface area contributed by atoms with Gasteiger partial charge < -0.3 is 20.0 Å². The lowest BCUT2D eigenvalue weighted by atomic mass is 10.1. The average molecular weight is 335 g/mol. The standard InChI is InChI=1S/C20H25N5/c1-23(2)17-5-3-4-16(14-17)19-8-11-25-15-18(6-7-20(25)22-19)24-12-9-21-10-13-24/h3-8,14-15,21H,9-13H2,1-2H3. The molecule has 1 aromatic carbocycles. The minimum Gasteiger partial charge on any atom is -0.378 e. The normalized spacial score (nSPS) is 19.8. The first-order valence-corrected chi connectivity index (χ1v) is 8.89. The SMILES string of the molecule is CN(C)c1cccc(C2=CCN3C=C(N4CCNCC4)C=CC3=N2)c1. The third-order valence-electron chi connectivity index (χ3n) is 4.84. The second-order valence-corrected chi connectivity index (χ2v) is 6.78. The van der Waals surface area contributed by atoms with Crippen molar-refractivity contribution in [1.29, 1.82) is 0 Å². The minimum atomic E-state index is 0.861. The summed E-state index contributed by atoms with van der Waals surface area (Å²) in [5.41, 5.74) is 4.70. The van der Waals surface area contributed by atoms with Crippen molar-refractivity contribution in [3.63, 3.8) is 0 Å². The van der Waals surface area contributed by atoms with E-state index in [2.05, 4.69) is 82.8 Å². The summed E-state index contributed by atoms with van der Waals surface area (Å²) in [6.07, 6.45) is 8.77. The second-order valence-electron chi connectivity index (χ2n) is 6.78. The van der Waals surface area contributed by atoms with E-state index < -0.39 is 0 Å². The number of aliphatic imine (C=N–C) groups is 1. The van der Waals surface area contributed by atoms with Crippen molar-refractivity contribution >= 4 is 17.2 Å². The van der Waals surface area contributed by atoms with Crippen molar-refractivity contribution in [1.82, 2.24) is 15.1 Å². The molecule has 0 radical (unpaired) electrons. The molecule has 4 rings (SSSR count). The van der Waals surface area contributed by atoms with Crippen molar-refractivity contribution in [3.05, 3.63) is 60.0 Å². The summed E-state index contributed by atoms with van der Waals surface area (Å²) in [4.78, 5) is 11.7. The van der Waals surface area contributed by atoms with E-state index in [9.17, 15) is 0 Å². The Bertz CT molecular complexity index is 766. The van der Waals surface area contributed by atoms with Gasteiger partial charge in [-0.3, -0.25) is 0 Å². The molecule has 130 valence electrons. The maximum Gasteiger partial charge on any atom is 0.133 e. The lowest BCUT2D eigenvalue weighted by molar-refractivity contribution is 0.302. The van der Waals surface area contributed by atoms with Gasteiger partial charge in [-0.1, -0.05) is 12.1 Å². The van der Waals surface area contributed by atoms with Gasteiger partial charge in [0.15, 0.2) is 0 Å². The van der Waals surface area contributed by atoms with Gasteiger partial charge in [-0.05, 0) is 30.4 Å². The topological polar surface area (TPSA) is 34.1 Å². The lowest BCUT2D eigenvalue weighted by Gasteiger charge is -2.34. The Morgan fingerprint density at radius 2 is 1.96 bits per heavy atom. The number of hydrogen-bond donors (Lipinski definition) is 1. The van der Waals surface area contributed by atoms with Gasteiger partial charge in [0.2, 0.25) is 0 Å². The summed E-state index contributed by atoms with van der Waals surface area (Å²) < 4.78 is 0. The minimum absolute atomic E-state index is 0.861. The van der Waals surface area contributed by atoms with Crippen molar-refractivity contribution in [2.45, 2.75) is 0 Å². The van der Waals surface area contributed by atoms with Gasteiger partial charge in [-0.15, -0.1) is 0 Å². The van der Waals surface area contributed by atoms with Crippen LogP contribution < -0.4 is 10.2 Å². The van der Waals surface area contributed by atoms with Crippen LogP contribution in [0.4, 0.5) is 5.69 Å². The van der Waals surface area contributed by atoms with E-state index in [-0.39, 0.29) is 0 Å². The zero-order valence-corrected chi connectivity index (χ0v) is 14.9. The Labute approximate surface area is 149 Å². The highest BCUT2D eigenvalue weighted by Gasteiger charge is 2.20. The number of anilines is 1. The quantitative estimate of drug-likeness (QED) is 0.918. The van der Waals surface area contributed by atoms with Gasteiger partial charge in [-0.2, -0.15) is 0 Å². The van der Waals surface area contributed by atoms with Crippen molar-refractivity contribution in [2.24, 2.45) is 4.99 Å². The molecule has 1 saturated heterocycles. The summed E-state index contributed by atoms with van der Waals surface area (Å²) in [5, 5.41) is 3.40. The molecular formula is C20H25N5. The Hall–Kier alpha value is -2.53. The molecule has 3 aliphatic rings. The molecule has 1 N–H and O–H groups in total. The number of benzene rings is 1. The molecule has 0 saturated carbocycles. The molecule has 0 unspecified atom stereocenters. The van der Waals surface area contributed by atoms with Crippen LogP contribution in [0.15, 0.2) is 59.4 Å². The van der Waals surface area contributed by atoms with Crippen molar-refractivity contribution in [2.75, 3.05) is 51.7 Å². The zero-order chi connectivity index (χ0) is 17.2. The highest BCUT2D eigenvalue weighted by atomic mass is 15.2. The number of nitrogens with one attached hydrogen (secondary N) is 1. The maximum absolute atomic E-state index is 4.88. The van der Waals surface area contributed by atoms with E-state index in [1.807, 2.05) is 0 Å². The van der Waals surface area contributed by atoms with E-state index in [1.165, 1.54) is 16.9 Å². The fourth-order valence-corrected chi connectivity index (χ4v) is 3.36. The fraction of sp³-hybridized carbons (Fsp3) is 0.350. The first-order valence-electron chi connectivity index (χ1n) is 8.89. The molecular weight excluding hydrogens is 310 g/mol. The van der Waals surface area contributed by atoms with Crippen LogP contribution in [0.1, 0.15) is 5.56 Å². The van der Waals surface area contributed by atoms with E-state index in [4.69, 9.17) is 4.99 Å². The van der Waals surface area contributed by atoms with Gasteiger partial charge >= 0.3 is 0 Å². The second kappa shape index (κ2) is 6.76. The third-order valence-corrected chi connectivity index (χ3v) is 4.84. The molecule has 5 heteroatoms. The molecule has 1 fully saturated rings. The van der Waals surface area contributed by atoms with Crippen LogP contribution in [0.2, 0.25) is 0 Å². The van der Waals surface area contributed by atoms with E-state index >= 15 is 0 Å². The first-order chi connectivity index (χ1) is 12.2. The van der Waals surface area contributed by atoms with Gasteiger partial charge in [0, 0.05) is 64.3 Å². The van der Waals surface area contributed by atoms with Crippen LogP contribution in [0.25, 0.3) is 5.70 Å². The zero-order valence-electron chi connectivity index (χ0n) is 14.9. The van der Waals surface area contributed by atoms with E-state index in [0.29, 0.717) is 0 Å². The Kier molecular flexibility index (Phi) is 4.32. The Balaban J connectivity index is 1.54. The maximum atomic E-state index is 4.88. The fourth-order valence-electron chi connectivity index (χ4n) is 3.36. The van der Waals surface area contributed by atoms with Gasteiger partial charge in [-0.25, -0.2) is 4.99 Å². The number of fused-ring (bicyclic) bond motifs is 1. The van der Waals surface area contributed by atoms with Crippen LogP contribution in [0, 0.1) is 0 Å². The number of piperazine rings is 1. The number of hydrogen-bond acceptors (Lipinski definition) is 5. The average Bonchev–Trinajstić information content (AvgIpc) is 2.68. The predicted molar refractivity (Wildman–Crippen MR) is 105 cm³/mol.